The van der Waals surface area contributed by atoms with Crippen molar-refractivity contribution >= 4 is 5.97 Å². The number of hydrogen-bond donors (Lipinski definition) is 1. The van der Waals surface area contributed by atoms with Crippen molar-refractivity contribution < 1.29 is 55.5 Å². The van der Waals surface area contributed by atoms with E-state index < -0.39 is 30.9 Å². The summed E-state index contributed by atoms with van der Waals surface area (Å²) in [6.07, 6.45) is 0.385. The number of aliphatic carboxylic acids is 1. The van der Waals surface area contributed by atoms with Gasteiger partial charge in [0.05, 0.1) is 6.61 Å². The zero-order valence-corrected chi connectivity index (χ0v) is 27.9. The van der Waals surface area contributed by atoms with E-state index in [1.165, 1.54) is 0 Å². The predicted octanol–water partition coefficient (Wildman–Crippen LogP) is 9.59. The standard InChI is InChI=1S/C36H47F5O7/c1-34(27-15-17-28(18-16-27)47-24-44-2)23-46-32-22-29(48-25-45-3)19-20-30(32)31(34)14-10-8-6-4-5-7-9-12-26(33(42)43)13-11-21-35(37,38)36(39,40)41/h13,15-20,22,31H,4-12,14,21,23-25H2,1-3H3,(H,42,43)/b26-13+. The molecule has 0 bridgehead atoms. The molecule has 2 aromatic rings. The van der Waals surface area contributed by atoms with Crippen LogP contribution in [0.15, 0.2) is 54.1 Å². The molecule has 0 aliphatic carbocycles. The van der Waals surface area contributed by atoms with Crippen molar-refractivity contribution in [1.82, 2.24) is 0 Å². The van der Waals surface area contributed by atoms with Crippen molar-refractivity contribution in [3.8, 4) is 17.2 Å². The lowest BCUT2D eigenvalue weighted by Crippen LogP contribution is -2.40. The van der Waals surface area contributed by atoms with Gasteiger partial charge in [-0.3, -0.25) is 0 Å². The van der Waals surface area contributed by atoms with Crippen LogP contribution >= 0.6 is 0 Å². The van der Waals surface area contributed by atoms with Crippen molar-refractivity contribution in [2.24, 2.45) is 0 Å². The van der Waals surface area contributed by atoms with Crippen LogP contribution in [-0.4, -0.2) is 57.6 Å². The summed E-state index contributed by atoms with van der Waals surface area (Å²) >= 11 is 0. The van der Waals surface area contributed by atoms with Gasteiger partial charge in [0.25, 0.3) is 0 Å². The summed E-state index contributed by atoms with van der Waals surface area (Å²) in [7, 11) is 3.14. The highest BCUT2D eigenvalue weighted by atomic mass is 19.4. The van der Waals surface area contributed by atoms with Gasteiger partial charge in [-0.05, 0) is 55.0 Å². The quantitative estimate of drug-likeness (QED) is 0.0606. The second kappa shape index (κ2) is 18.4. The number of fused-ring (bicyclic) bond motifs is 1. The summed E-state index contributed by atoms with van der Waals surface area (Å²) in [5, 5.41) is 9.32. The molecule has 0 radical (unpaired) electrons. The Hall–Kier alpha value is -3.38. The lowest BCUT2D eigenvalue weighted by atomic mass is 9.66. The molecule has 0 aromatic heterocycles. The van der Waals surface area contributed by atoms with E-state index in [0.29, 0.717) is 18.8 Å². The molecule has 2 aromatic carbocycles. The Labute approximate surface area is 279 Å². The summed E-state index contributed by atoms with van der Waals surface area (Å²) in [4.78, 5) is 11.4. The largest absolute Gasteiger partial charge is 0.492 e. The maximum Gasteiger partial charge on any atom is 0.453 e. The minimum Gasteiger partial charge on any atom is -0.492 e. The van der Waals surface area contributed by atoms with Crippen molar-refractivity contribution in [3.63, 3.8) is 0 Å². The zero-order valence-electron chi connectivity index (χ0n) is 27.9. The fourth-order valence-corrected chi connectivity index (χ4v) is 6.05. The first-order chi connectivity index (χ1) is 22.8. The second-order valence-corrected chi connectivity index (χ2v) is 12.4. The van der Waals surface area contributed by atoms with Crippen molar-refractivity contribution in [2.45, 2.75) is 101 Å². The van der Waals surface area contributed by atoms with Gasteiger partial charge in [0, 0.05) is 43.6 Å². The SMILES string of the molecule is COCOc1ccc(C2(C)COc3cc(OCOC)ccc3C2CCCCCCCCC/C(=C\CCC(F)(F)C(F)(F)F)C(=O)O)cc1. The first-order valence-corrected chi connectivity index (χ1v) is 16.3. The summed E-state index contributed by atoms with van der Waals surface area (Å²) in [5.41, 5.74) is 1.85. The first-order valence-electron chi connectivity index (χ1n) is 16.3. The fourth-order valence-electron chi connectivity index (χ4n) is 6.05. The van der Waals surface area contributed by atoms with E-state index in [9.17, 15) is 31.9 Å². The van der Waals surface area contributed by atoms with Crippen molar-refractivity contribution in [2.75, 3.05) is 34.4 Å². The number of halogens is 5. The van der Waals surface area contributed by atoms with Crippen molar-refractivity contribution in [1.29, 1.82) is 0 Å². The Balaban J connectivity index is 1.52. The average Bonchev–Trinajstić information content (AvgIpc) is 3.05. The number of alkyl halides is 5. The molecule has 3 rings (SSSR count). The molecule has 1 aliphatic rings. The van der Waals surface area contributed by atoms with E-state index >= 15 is 0 Å². The molecule has 0 spiro atoms. The van der Waals surface area contributed by atoms with Gasteiger partial charge in [-0.2, -0.15) is 22.0 Å². The van der Waals surface area contributed by atoms with E-state index in [-0.39, 0.29) is 36.9 Å². The van der Waals surface area contributed by atoms with Crippen LogP contribution in [0.25, 0.3) is 0 Å². The Morgan fingerprint density at radius 2 is 1.48 bits per heavy atom. The maximum atomic E-state index is 13.1. The van der Waals surface area contributed by atoms with Crippen LogP contribution in [0.1, 0.15) is 94.6 Å². The minimum atomic E-state index is -5.64. The Bertz CT molecular complexity index is 1310. The Kier molecular flexibility index (Phi) is 15.0. The predicted molar refractivity (Wildman–Crippen MR) is 171 cm³/mol. The van der Waals surface area contributed by atoms with E-state index in [1.807, 2.05) is 24.3 Å². The smallest absolute Gasteiger partial charge is 0.453 e. The topological polar surface area (TPSA) is 83.5 Å². The lowest BCUT2D eigenvalue weighted by molar-refractivity contribution is -0.283. The Morgan fingerprint density at radius 3 is 2.08 bits per heavy atom. The zero-order chi connectivity index (χ0) is 35.2. The molecule has 12 heteroatoms. The second-order valence-electron chi connectivity index (χ2n) is 12.4. The van der Waals surface area contributed by atoms with Crippen LogP contribution in [0.4, 0.5) is 22.0 Å². The van der Waals surface area contributed by atoms with Gasteiger partial charge in [-0.1, -0.05) is 69.7 Å². The number of rotatable bonds is 21. The average molecular weight is 687 g/mol. The van der Waals surface area contributed by atoms with Crippen LogP contribution in [-0.2, 0) is 19.7 Å². The normalized spacial score (nSPS) is 18.2. The third-order valence-electron chi connectivity index (χ3n) is 8.84. The van der Waals surface area contributed by atoms with E-state index in [1.54, 1.807) is 14.2 Å². The van der Waals surface area contributed by atoms with E-state index in [2.05, 4.69) is 25.1 Å². The number of methoxy groups -OCH3 is 2. The van der Waals surface area contributed by atoms with E-state index in [4.69, 9.17) is 23.7 Å². The molecule has 1 heterocycles. The van der Waals surface area contributed by atoms with E-state index in [0.717, 1.165) is 73.6 Å². The highest BCUT2D eigenvalue weighted by Gasteiger charge is 2.56. The first kappa shape index (κ1) is 39.1. The summed E-state index contributed by atoms with van der Waals surface area (Å²) in [6.45, 7) is 3.03. The number of benzene rings is 2. The highest BCUT2D eigenvalue weighted by Crippen LogP contribution is 2.50. The third kappa shape index (κ3) is 11.1. The molecule has 2 atom stereocenters. The lowest BCUT2D eigenvalue weighted by Gasteiger charge is -2.43. The molecular formula is C36H47F5O7. The van der Waals surface area contributed by atoms with Gasteiger partial charge in [0.15, 0.2) is 13.6 Å². The summed E-state index contributed by atoms with van der Waals surface area (Å²) in [5.74, 6) is -3.75. The van der Waals surface area contributed by atoms with Crippen LogP contribution in [0.3, 0.4) is 0 Å². The van der Waals surface area contributed by atoms with Gasteiger partial charge >= 0.3 is 18.1 Å². The van der Waals surface area contributed by atoms with Crippen LogP contribution in [0.2, 0.25) is 0 Å². The number of allylic oxidation sites excluding steroid dienone is 1. The molecule has 1 aliphatic heterocycles. The molecule has 0 saturated heterocycles. The molecule has 1 N–H and O–H groups in total. The Morgan fingerprint density at radius 1 is 0.896 bits per heavy atom. The number of unbranched alkanes of at least 4 members (excludes halogenated alkanes) is 6. The third-order valence-corrected chi connectivity index (χ3v) is 8.84. The molecule has 0 amide bonds. The number of ether oxygens (including phenoxy) is 5. The molecule has 268 valence electrons. The molecule has 48 heavy (non-hydrogen) atoms. The molecule has 0 saturated carbocycles. The summed E-state index contributed by atoms with van der Waals surface area (Å²) in [6, 6.07) is 13.9. The molecule has 2 unspecified atom stereocenters. The summed E-state index contributed by atoms with van der Waals surface area (Å²) < 4.78 is 90.9. The number of hydrogen-bond acceptors (Lipinski definition) is 6. The molecular weight excluding hydrogens is 639 g/mol. The minimum absolute atomic E-state index is 0.123. The van der Waals surface area contributed by atoms with Gasteiger partial charge in [0.2, 0.25) is 0 Å². The maximum absolute atomic E-state index is 13.1. The monoisotopic (exact) mass is 686 g/mol. The van der Waals surface area contributed by atoms with Crippen LogP contribution < -0.4 is 14.2 Å². The van der Waals surface area contributed by atoms with Crippen molar-refractivity contribution in [3.05, 3.63) is 65.2 Å². The van der Waals surface area contributed by atoms with Crippen LogP contribution in [0, 0.1) is 0 Å². The fraction of sp³-hybridized carbons (Fsp3) is 0.583. The van der Waals surface area contributed by atoms with Gasteiger partial charge in [-0.15, -0.1) is 0 Å². The van der Waals surface area contributed by atoms with Gasteiger partial charge in [0.1, 0.15) is 17.2 Å². The highest BCUT2D eigenvalue weighted by molar-refractivity contribution is 5.86. The number of carboxylic acids is 1. The van der Waals surface area contributed by atoms with Crippen LogP contribution in [0.5, 0.6) is 17.2 Å². The number of carboxylic acid groups (broad SMARTS) is 1. The molecule has 7 nitrogen and oxygen atoms in total. The number of carbonyl (C=O) groups is 1. The molecule has 0 fully saturated rings. The van der Waals surface area contributed by atoms with Gasteiger partial charge < -0.3 is 28.8 Å². The van der Waals surface area contributed by atoms with Gasteiger partial charge in [-0.25, -0.2) is 4.79 Å².